The van der Waals surface area contributed by atoms with Crippen LogP contribution in [0.5, 0.6) is 11.5 Å². The van der Waals surface area contributed by atoms with Gasteiger partial charge < -0.3 is 14.6 Å². The van der Waals surface area contributed by atoms with Gasteiger partial charge in [0, 0.05) is 6.42 Å². The van der Waals surface area contributed by atoms with Gasteiger partial charge in [-0.15, -0.1) is 0 Å². The van der Waals surface area contributed by atoms with Gasteiger partial charge in [0.15, 0.2) is 11.5 Å². The number of aryl methyl sites for hydroxylation is 1. The second-order valence-corrected chi connectivity index (χ2v) is 5.07. The molecule has 104 valence electrons. The van der Waals surface area contributed by atoms with Crippen molar-refractivity contribution in [2.24, 2.45) is 0 Å². The molecular formula is C17H18O3. The molecule has 20 heavy (non-hydrogen) atoms. The summed E-state index contributed by atoms with van der Waals surface area (Å²) in [7, 11) is 0. The molecule has 1 unspecified atom stereocenters. The van der Waals surface area contributed by atoms with Gasteiger partial charge >= 0.3 is 0 Å². The molecule has 3 heteroatoms. The summed E-state index contributed by atoms with van der Waals surface area (Å²) < 4.78 is 11.3. The molecule has 1 aliphatic rings. The summed E-state index contributed by atoms with van der Waals surface area (Å²) in [6.07, 6.45) is 0.234. The van der Waals surface area contributed by atoms with E-state index in [4.69, 9.17) is 9.47 Å². The van der Waals surface area contributed by atoms with E-state index in [1.807, 2.05) is 49.4 Å². The van der Waals surface area contributed by atoms with Crippen molar-refractivity contribution in [2.45, 2.75) is 19.4 Å². The summed E-state index contributed by atoms with van der Waals surface area (Å²) >= 11 is 0. The third-order valence-corrected chi connectivity index (χ3v) is 3.48. The summed E-state index contributed by atoms with van der Waals surface area (Å²) in [4.78, 5) is 0. The average Bonchev–Trinajstić information content (AvgIpc) is 2.71. The van der Waals surface area contributed by atoms with Gasteiger partial charge in [0.25, 0.3) is 0 Å². The lowest BCUT2D eigenvalue weighted by Crippen LogP contribution is -2.01. The second kappa shape index (κ2) is 5.55. The van der Waals surface area contributed by atoms with Crippen LogP contribution in [-0.4, -0.2) is 18.3 Å². The molecule has 0 fully saturated rings. The number of benzene rings is 2. The molecule has 1 N–H and O–H groups in total. The molecular weight excluding hydrogens is 252 g/mol. The zero-order valence-corrected chi connectivity index (χ0v) is 11.5. The van der Waals surface area contributed by atoms with E-state index in [-0.39, 0.29) is 0 Å². The standard InChI is InChI=1S/C17H18O3/c1-12-3-5-13(6-4-12)17(18)14-7-8-15-16(11-14)20-10-2-9-19-15/h3-8,11,17-18H,2,9-10H2,1H3. The lowest BCUT2D eigenvalue weighted by atomic mass is 10.0. The SMILES string of the molecule is Cc1ccc(C(O)c2ccc3c(c2)OCCCO3)cc1. The topological polar surface area (TPSA) is 38.7 Å². The summed E-state index contributed by atoms with van der Waals surface area (Å²) in [5.74, 6) is 1.47. The van der Waals surface area contributed by atoms with Crippen molar-refractivity contribution in [2.75, 3.05) is 13.2 Å². The minimum Gasteiger partial charge on any atom is -0.490 e. The van der Waals surface area contributed by atoms with Crippen molar-refractivity contribution < 1.29 is 14.6 Å². The third-order valence-electron chi connectivity index (χ3n) is 3.48. The van der Waals surface area contributed by atoms with Crippen LogP contribution in [0.4, 0.5) is 0 Å². The van der Waals surface area contributed by atoms with E-state index in [1.54, 1.807) is 0 Å². The lowest BCUT2D eigenvalue weighted by Gasteiger charge is -2.14. The van der Waals surface area contributed by atoms with Gasteiger partial charge in [0.1, 0.15) is 6.10 Å². The number of ether oxygens (including phenoxy) is 2. The van der Waals surface area contributed by atoms with Crippen LogP contribution in [0.25, 0.3) is 0 Å². The van der Waals surface area contributed by atoms with Crippen molar-refractivity contribution in [1.82, 2.24) is 0 Å². The van der Waals surface area contributed by atoms with E-state index in [0.29, 0.717) is 19.0 Å². The van der Waals surface area contributed by atoms with Gasteiger partial charge in [-0.1, -0.05) is 35.9 Å². The number of hydrogen-bond acceptors (Lipinski definition) is 3. The normalized spacial score (nSPS) is 15.5. The Bertz CT molecular complexity index is 590. The molecule has 3 nitrogen and oxygen atoms in total. The first-order valence-corrected chi connectivity index (χ1v) is 6.88. The molecule has 0 saturated heterocycles. The monoisotopic (exact) mass is 270 g/mol. The van der Waals surface area contributed by atoms with Crippen molar-refractivity contribution in [3.8, 4) is 11.5 Å². The van der Waals surface area contributed by atoms with E-state index in [1.165, 1.54) is 5.56 Å². The van der Waals surface area contributed by atoms with Gasteiger partial charge in [-0.05, 0) is 30.2 Å². The smallest absolute Gasteiger partial charge is 0.161 e. The molecule has 0 aliphatic carbocycles. The highest BCUT2D eigenvalue weighted by Crippen LogP contribution is 2.34. The van der Waals surface area contributed by atoms with E-state index in [9.17, 15) is 5.11 Å². The van der Waals surface area contributed by atoms with E-state index >= 15 is 0 Å². The predicted molar refractivity (Wildman–Crippen MR) is 77.3 cm³/mol. The van der Waals surface area contributed by atoms with Crippen molar-refractivity contribution >= 4 is 0 Å². The van der Waals surface area contributed by atoms with Crippen LogP contribution in [-0.2, 0) is 0 Å². The quantitative estimate of drug-likeness (QED) is 0.910. The summed E-state index contributed by atoms with van der Waals surface area (Å²) in [6.45, 7) is 3.35. The highest BCUT2D eigenvalue weighted by Gasteiger charge is 2.15. The Morgan fingerprint density at radius 1 is 0.900 bits per heavy atom. The number of aliphatic hydroxyl groups is 1. The molecule has 0 spiro atoms. The van der Waals surface area contributed by atoms with Crippen LogP contribution in [0.3, 0.4) is 0 Å². The molecule has 3 rings (SSSR count). The first-order valence-electron chi connectivity index (χ1n) is 6.88. The van der Waals surface area contributed by atoms with Crippen molar-refractivity contribution in [3.63, 3.8) is 0 Å². The van der Waals surface area contributed by atoms with Crippen LogP contribution >= 0.6 is 0 Å². The van der Waals surface area contributed by atoms with Crippen LogP contribution in [0, 0.1) is 6.92 Å². The highest BCUT2D eigenvalue weighted by atomic mass is 16.5. The van der Waals surface area contributed by atoms with E-state index in [2.05, 4.69) is 0 Å². The number of hydrogen-bond donors (Lipinski definition) is 1. The predicted octanol–water partition coefficient (Wildman–Crippen LogP) is 3.24. The van der Waals surface area contributed by atoms with Gasteiger partial charge in [-0.2, -0.15) is 0 Å². The fraction of sp³-hybridized carbons (Fsp3) is 0.294. The summed E-state index contributed by atoms with van der Waals surface area (Å²) in [6, 6.07) is 13.5. The highest BCUT2D eigenvalue weighted by molar-refractivity contribution is 5.45. The summed E-state index contributed by atoms with van der Waals surface area (Å²) in [5.41, 5.74) is 2.88. The fourth-order valence-corrected chi connectivity index (χ4v) is 2.29. The molecule has 0 saturated carbocycles. The maximum atomic E-state index is 10.5. The number of fused-ring (bicyclic) bond motifs is 1. The Hall–Kier alpha value is -2.00. The van der Waals surface area contributed by atoms with Crippen LogP contribution in [0.1, 0.15) is 29.2 Å². The van der Waals surface area contributed by atoms with E-state index in [0.717, 1.165) is 23.3 Å². The minimum atomic E-state index is -0.646. The molecule has 1 aliphatic heterocycles. The van der Waals surface area contributed by atoms with Gasteiger partial charge in [0.2, 0.25) is 0 Å². The van der Waals surface area contributed by atoms with Crippen molar-refractivity contribution in [3.05, 3.63) is 59.2 Å². The Kier molecular flexibility index (Phi) is 3.61. The lowest BCUT2D eigenvalue weighted by molar-refractivity contribution is 0.219. The van der Waals surface area contributed by atoms with Gasteiger partial charge in [0.05, 0.1) is 13.2 Å². The van der Waals surface area contributed by atoms with Gasteiger partial charge in [-0.3, -0.25) is 0 Å². The van der Waals surface area contributed by atoms with Crippen LogP contribution in [0.15, 0.2) is 42.5 Å². The number of rotatable bonds is 2. The van der Waals surface area contributed by atoms with Gasteiger partial charge in [-0.25, -0.2) is 0 Å². The maximum absolute atomic E-state index is 10.5. The maximum Gasteiger partial charge on any atom is 0.161 e. The Morgan fingerprint density at radius 2 is 1.55 bits per heavy atom. The van der Waals surface area contributed by atoms with Crippen molar-refractivity contribution in [1.29, 1.82) is 0 Å². The molecule has 0 amide bonds. The average molecular weight is 270 g/mol. The fourth-order valence-electron chi connectivity index (χ4n) is 2.29. The third kappa shape index (κ3) is 2.63. The zero-order chi connectivity index (χ0) is 13.9. The molecule has 0 bridgehead atoms. The Labute approximate surface area is 118 Å². The second-order valence-electron chi connectivity index (χ2n) is 5.07. The number of aliphatic hydroxyl groups excluding tert-OH is 1. The molecule has 2 aromatic rings. The Balaban J connectivity index is 1.90. The van der Waals surface area contributed by atoms with E-state index < -0.39 is 6.10 Å². The summed E-state index contributed by atoms with van der Waals surface area (Å²) in [5, 5.41) is 10.5. The van der Waals surface area contributed by atoms with Crippen LogP contribution in [0.2, 0.25) is 0 Å². The minimum absolute atomic E-state index is 0.646. The molecule has 0 radical (unpaired) electrons. The molecule has 2 aromatic carbocycles. The Morgan fingerprint density at radius 3 is 2.30 bits per heavy atom. The first-order chi connectivity index (χ1) is 9.74. The first kappa shape index (κ1) is 13.0. The van der Waals surface area contributed by atoms with Crippen LogP contribution < -0.4 is 9.47 Å². The molecule has 0 aromatic heterocycles. The zero-order valence-electron chi connectivity index (χ0n) is 11.5. The molecule has 1 heterocycles. The molecule has 1 atom stereocenters. The largest absolute Gasteiger partial charge is 0.490 e.